The van der Waals surface area contributed by atoms with Crippen LogP contribution in [0.1, 0.15) is 40.7 Å². The number of hydrogen-bond acceptors (Lipinski definition) is 6. The molecule has 1 aliphatic heterocycles. The molecule has 0 radical (unpaired) electrons. The smallest absolute Gasteiger partial charge is 0.347 e. The van der Waals surface area contributed by atoms with Crippen LogP contribution in [0.5, 0.6) is 17.2 Å². The van der Waals surface area contributed by atoms with Gasteiger partial charge in [-0.25, -0.2) is 9.18 Å². The van der Waals surface area contributed by atoms with Gasteiger partial charge in [0.2, 0.25) is 5.88 Å². The number of ether oxygens (including phenoxy) is 3. The van der Waals surface area contributed by atoms with Gasteiger partial charge in [-0.15, -0.1) is 0 Å². The first-order valence-electron chi connectivity index (χ1n) is 10.4. The summed E-state index contributed by atoms with van der Waals surface area (Å²) >= 11 is 0. The minimum absolute atomic E-state index is 0.0545. The topological polar surface area (TPSA) is 94.6 Å². The van der Waals surface area contributed by atoms with Crippen LogP contribution < -0.4 is 19.9 Å². The molecule has 1 atom stereocenters. The van der Waals surface area contributed by atoms with E-state index >= 15 is 0 Å². The third kappa shape index (κ3) is 4.51. The van der Waals surface area contributed by atoms with Crippen molar-refractivity contribution in [3.05, 3.63) is 101 Å². The molecule has 0 aromatic heterocycles. The minimum Gasteiger partial charge on any atom is -0.493 e. The Labute approximate surface area is 190 Å². The van der Waals surface area contributed by atoms with Crippen molar-refractivity contribution in [2.75, 3.05) is 6.61 Å². The maximum Gasteiger partial charge on any atom is 0.347 e. The van der Waals surface area contributed by atoms with Crippen LogP contribution in [-0.4, -0.2) is 12.6 Å². The maximum atomic E-state index is 13.4. The molecule has 7 heteroatoms. The Kier molecular flexibility index (Phi) is 6.27. The first-order valence-corrected chi connectivity index (χ1v) is 10.4. The molecule has 2 N–H and O–H groups in total. The monoisotopic (exact) mass is 444 g/mol. The highest BCUT2D eigenvalue weighted by molar-refractivity contribution is 5.94. The summed E-state index contributed by atoms with van der Waals surface area (Å²) in [5.74, 6) is -0.508. The van der Waals surface area contributed by atoms with Crippen molar-refractivity contribution in [3.63, 3.8) is 0 Å². The normalized spacial score (nSPS) is 14.6. The van der Waals surface area contributed by atoms with Crippen LogP contribution >= 0.6 is 0 Å². The van der Waals surface area contributed by atoms with E-state index in [4.69, 9.17) is 19.9 Å². The van der Waals surface area contributed by atoms with Gasteiger partial charge >= 0.3 is 5.97 Å². The van der Waals surface area contributed by atoms with Crippen molar-refractivity contribution in [2.24, 2.45) is 5.73 Å². The first kappa shape index (κ1) is 21.9. The summed E-state index contributed by atoms with van der Waals surface area (Å²) in [5, 5.41) is 9.64. The Morgan fingerprint density at radius 1 is 1.15 bits per heavy atom. The zero-order valence-electron chi connectivity index (χ0n) is 17.9. The molecule has 0 aliphatic carbocycles. The van der Waals surface area contributed by atoms with E-state index in [1.54, 1.807) is 54.6 Å². The van der Waals surface area contributed by atoms with Crippen LogP contribution in [0.15, 0.2) is 78.2 Å². The van der Waals surface area contributed by atoms with Crippen LogP contribution in [-0.2, 0) is 0 Å². The lowest BCUT2D eigenvalue weighted by Gasteiger charge is -2.26. The molecule has 1 unspecified atom stereocenters. The van der Waals surface area contributed by atoms with Crippen molar-refractivity contribution in [2.45, 2.75) is 19.3 Å². The molecule has 0 fully saturated rings. The maximum absolute atomic E-state index is 13.4. The Morgan fingerprint density at radius 3 is 2.64 bits per heavy atom. The Balaban J connectivity index is 1.65. The lowest BCUT2D eigenvalue weighted by atomic mass is 9.83. The highest BCUT2D eigenvalue weighted by Crippen LogP contribution is 2.43. The highest BCUT2D eigenvalue weighted by atomic mass is 19.1. The van der Waals surface area contributed by atoms with Crippen LogP contribution in [0, 0.1) is 17.1 Å². The average molecular weight is 444 g/mol. The standard InChI is InChI=1S/C26H21FN2O4/c1-2-13-31-22-6-4-3-5-20(22)26(30)32-18-11-12-19-23(14-18)33-25(29)21(15-28)24(19)16-7-9-17(27)10-8-16/h3-12,14,24H,2,13,29H2,1H3. The fourth-order valence-corrected chi connectivity index (χ4v) is 3.63. The number of hydrogen-bond donors (Lipinski definition) is 1. The molecule has 0 bridgehead atoms. The molecule has 0 saturated heterocycles. The fraction of sp³-hybridized carbons (Fsp3) is 0.154. The van der Waals surface area contributed by atoms with Gasteiger partial charge in [0.05, 0.1) is 12.5 Å². The molecule has 33 heavy (non-hydrogen) atoms. The largest absolute Gasteiger partial charge is 0.493 e. The molecule has 3 aromatic carbocycles. The van der Waals surface area contributed by atoms with E-state index < -0.39 is 11.9 Å². The second-order valence-electron chi connectivity index (χ2n) is 7.41. The van der Waals surface area contributed by atoms with Crippen molar-refractivity contribution < 1.29 is 23.4 Å². The van der Waals surface area contributed by atoms with E-state index in [0.717, 1.165) is 6.42 Å². The first-order chi connectivity index (χ1) is 16.0. The number of halogens is 1. The van der Waals surface area contributed by atoms with E-state index in [0.29, 0.717) is 34.8 Å². The molecular weight excluding hydrogens is 423 g/mol. The van der Waals surface area contributed by atoms with Gasteiger partial charge in [-0.2, -0.15) is 5.26 Å². The minimum atomic E-state index is -0.575. The van der Waals surface area contributed by atoms with Crippen LogP contribution in [0.25, 0.3) is 0 Å². The second-order valence-corrected chi connectivity index (χ2v) is 7.41. The number of para-hydroxylation sites is 1. The molecular formula is C26H21FN2O4. The van der Waals surface area contributed by atoms with Crippen molar-refractivity contribution in [1.82, 2.24) is 0 Å². The van der Waals surface area contributed by atoms with Crippen LogP contribution in [0.2, 0.25) is 0 Å². The molecule has 0 saturated carbocycles. The van der Waals surface area contributed by atoms with Gasteiger partial charge in [0.1, 0.15) is 40.3 Å². The third-order valence-electron chi connectivity index (χ3n) is 5.17. The highest BCUT2D eigenvalue weighted by Gasteiger charge is 2.31. The van der Waals surface area contributed by atoms with Gasteiger partial charge < -0.3 is 19.9 Å². The predicted octanol–water partition coefficient (Wildman–Crippen LogP) is 5.05. The van der Waals surface area contributed by atoms with Crippen LogP contribution in [0.3, 0.4) is 0 Å². The molecule has 0 spiro atoms. The number of rotatable bonds is 6. The predicted molar refractivity (Wildman–Crippen MR) is 119 cm³/mol. The van der Waals surface area contributed by atoms with Crippen molar-refractivity contribution in [3.8, 4) is 23.3 Å². The molecule has 1 heterocycles. The van der Waals surface area contributed by atoms with Gasteiger partial charge in [0, 0.05) is 11.6 Å². The lowest BCUT2D eigenvalue weighted by Crippen LogP contribution is -2.21. The SMILES string of the molecule is CCCOc1ccccc1C(=O)Oc1ccc2c(c1)OC(N)=C(C#N)C2c1ccc(F)cc1. The van der Waals surface area contributed by atoms with E-state index in [9.17, 15) is 14.4 Å². The number of fused-ring (bicyclic) bond motifs is 1. The van der Waals surface area contributed by atoms with Crippen molar-refractivity contribution >= 4 is 5.97 Å². The molecule has 166 valence electrons. The zero-order valence-corrected chi connectivity index (χ0v) is 17.9. The zero-order chi connectivity index (χ0) is 23.4. The number of benzene rings is 3. The Bertz CT molecular complexity index is 1260. The molecule has 1 aliphatic rings. The molecule has 4 rings (SSSR count). The summed E-state index contributed by atoms with van der Waals surface area (Å²) in [4.78, 5) is 12.8. The Hall–Kier alpha value is -4.31. The second kappa shape index (κ2) is 9.45. The summed E-state index contributed by atoms with van der Waals surface area (Å²) in [6, 6.07) is 19.6. The summed E-state index contributed by atoms with van der Waals surface area (Å²) in [5.41, 5.74) is 7.87. The van der Waals surface area contributed by atoms with Gasteiger partial charge in [0.25, 0.3) is 0 Å². The Morgan fingerprint density at radius 2 is 1.91 bits per heavy atom. The van der Waals surface area contributed by atoms with E-state index in [1.807, 2.05) is 6.92 Å². The van der Waals surface area contributed by atoms with Gasteiger partial charge in [0.15, 0.2) is 0 Å². The average Bonchev–Trinajstić information content (AvgIpc) is 2.82. The van der Waals surface area contributed by atoms with Gasteiger partial charge in [-0.05, 0) is 42.3 Å². The number of esters is 1. The molecule has 3 aromatic rings. The number of nitriles is 1. The number of nitrogens with zero attached hydrogens (tertiary/aromatic N) is 1. The fourth-order valence-electron chi connectivity index (χ4n) is 3.63. The van der Waals surface area contributed by atoms with E-state index in [-0.39, 0.29) is 23.0 Å². The molecule has 6 nitrogen and oxygen atoms in total. The van der Waals surface area contributed by atoms with Gasteiger partial charge in [-0.3, -0.25) is 0 Å². The van der Waals surface area contributed by atoms with Crippen molar-refractivity contribution in [1.29, 1.82) is 5.26 Å². The summed E-state index contributed by atoms with van der Waals surface area (Å²) in [6.07, 6.45) is 0.806. The summed E-state index contributed by atoms with van der Waals surface area (Å²) < 4.78 is 30.3. The number of nitrogens with two attached hydrogens (primary N) is 1. The van der Waals surface area contributed by atoms with E-state index in [1.165, 1.54) is 12.1 Å². The number of allylic oxidation sites excluding steroid dienone is 1. The summed E-state index contributed by atoms with van der Waals surface area (Å²) in [7, 11) is 0. The lowest BCUT2D eigenvalue weighted by molar-refractivity contribution is 0.0730. The van der Waals surface area contributed by atoms with E-state index in [2.05, 4.69) is 6.07 Å². The summed E-state index contributed by atoms with van der Waals surface area (Å²) in [6.45, 7) is 2.46. The third-order valence-corrected chi connectivity index (χ3v) is 5.17. The number of carbonyl (C=O) groups excluding carboxylic acids is 1. The number of carbonyl (C=O) groups is 1. The molecule has 0 amide bonds. The van der Waals surface area contributed by atoms with Gasteiger partial charge in [-0.1, -0.05) is 37.3 Å². The quantitative estimate of drug-likeness (QED) is 0.422. The van der Waals surface area contributed by atoms with Crippen LogP contribution in [0.4, 0.5) is 4.39 Å².